The fourth-order valence-corrected chi connectivity index (χ4v) is 2.51. The minimum absolute atomic E-state index is 0.0164. The molecule has 23 heavy (non-hydrogen) atoms. The molecule has 1 aliphatic heterocycles. The molecule has 1 aromatic rings. The maximum Gasteiger partial charge on any atom is 0.347 e. The molecule has 0 spiro atoms. The SMILES string of the molecule is C[C@@H](c1ccccc1)N(C(=O)C(F)(F)CO)C1COC(C)(C)O1. The molecule has 1 aliphatic rings. The van der Waals surface area contributed by atoms with E-state index in [1.165, 1.54) is 0 Å². The van der Waals surface area contributed by atoms with Gasteiger partial charge in [-0.3, -0.25) is 4.79 Å². The van der Waals surface area contributed by atoms with Gasteiger partial charge < -0.3 is 19.5 Å². The minimum atomic E-state index is -3.88. The molecule has 1 aromatic carbocycles. The van der Waals surface area contributed by atoms with Crippen LogP contribution in [-0.2, 0) is 14.3 Å². The van der Waals surface area contributed by atoms with Gasteiger partial charge in [-0.2, -0.15) is 8.78 Å². The molecule has 1 N–H and O–H groups in total. The number of rotatable bonds is 5. The van der Waals surface area contributed by atoms with Crippen LogP contribution in [0.4, 0.5) is 8.78 Å². The molecule has 7 heteroatoms. The van der Waals surface area contributed by atoms with E-state index in [2.05, 4.69) is 0 Å². The topological polar surface area (TPSA) is 59.0 Å². The highest BCUT2D eigenvalue weighted by Crippen LogP contribution is 2.33. The summed E-state index contributed by atoms with van der Waals surface area (Å²) in [6.07, 6.45) is -0.954. The molecule has 1 amide bonds. The first-order valence-corrected chi connectivity index (χ1v) is 7.36. The number of benzene rings is 1. The maximum absolute atomic E-state index is 13.8. The van der Waals surface area contributed by atoms with Gasteiger partial charge in [0, 0.05) is 0 Å². The number of halogens is 2. The minimum Gasteiger partial charge on any atom is -0.390 e. The van der Waals surface area contributed by atoms with Crippen LogP contribution in [0, 0.1) is 0 Å². The van der Waals surface area contributed by atoms with Crippen molar-refractivity contribution in [3.8, 4) is 0 Å². The quantitative estimate of drug-likeness (QED) is 0.901. The van der Waals surface area contributed by atoms with Gasteiger partial charge in [-0.1, -0.05) is 30.3 Å². The molecule has 0 saturated carbocycles. The lowest BCUT2D eigenvalue weighted by atomic mass is 10.1. The van der Waals surface area contributed by atoms with Crippen molar-refractivity contribution in [2.45, 2.75) is 44.8 Å². The predicted octanol–water partition coefficient (Wildman–Crippen LogP) is 2.31. The lowest BCUT2D eigenvalue weighted by Gasteiger charge is -2.36. The number of hydrogen-bond acceptors (Lipinski definition) is 4. The average Bonchev–Trinajstić information content (AvgIpc) is 2.88. The van der Waals surface area contributed by atoms with Gasteiger partial charge in [0.1, 0.15) is 6.61 Å². The van der Waals surface area contributed by atoms with Crippen molar-refractivity contribution in [3.63, 3.8) is 0 Å². The Morgan fingerprint density at radius 3 is 2.52 bits per heavy atom. The zero-order valence-electron chi connectivity index (χ0n) is 13.3. The number of carbonyl (C=O) groups is 1. The Kier molecular flexibility index (Phi) is 5.03. The molecule has 0 aliphatic carbocycles. The molecule has 128 valence electrons. The summed E-state index contributed by atoms with van der Waals surface area (Å²) in [6.45, 7) is 3.35. The van der Waals surface area contributed by atoms with Crippen molar-refractivity contribution in [2.24, 2.45) is 0 Å². The fourth-order valence-electron chi connectivity index (χ4n) is 2.51. The highest BCUT2D eigenvalue weighted by atomic mass is 19.3. The Balaban J connectivity index is 2.34. The van der Waals surface area contributed by atoms with E-state index in [0.29, 0.717) is 5.56 Å². The van der Waals surface area contributed by atoms with E-state index in [1.54, 1.807) is 51.1 Å². The first-order chi connectivity index (χ1) is 10.7. The monoisotopic (exact) mass is 329 g/mol. The van der Waals surface area contributed by atoms with Crippen LogP contribution in [0.3, 0.4) is 0 Å². The number of amides is 1. The molecule has 2 atom stereocenters. The summed E-state index contributed by atoms with van der Waals surface area (Å²) >= 11 is 0. The molecule has 1 unspecified atom stereocenters. The van der Waals surface area contributed by atoms with E-state index in [9.17, 15) is 13.6 Å². The van der Waals surface area contributed by atoms with Gasteiger partial charge in [0.2, 0.25) is 0 Å². The van der Waals surface area contributed by atoms with E-state index in [0.717, 1.165) is 4.90 Å². The molecule has 1 fully saturated rings. The second-order valence-electron chi connectivity index (χ2n) is 5.94. The van der Waals surface area contributed by atoms with Gasteiger partial charge in [-0.05, 0) is 26.3 Å². The first kappa shape index (κ1) is 17.8. The number of hydrogen-bond donors (Lipinski definition) is 1. The Bertz CT molecular complexity index is 550. The Morgan fingerprint density at radius 1 is 1.43 bits per heavy atom. The van der Waals surface area contributed by atoms with E-state index in [1.807, 2.05) is 0 Å². The molecule has 0 radical (unpaired) electrons. The van der Waals surface area contributed by atoms with Crippen molar-refractivity contribution in [1.82, 2.24) is 4.90 Å². The predicted molar refractivity (Wildman–Crippen MR) is 78.6 cm³/mol. The van der Waals surface area contributed by atoms with Crippen LogP contribution in [0.5, 0.6) is 0 Å². The molecule has 1 heterocycles. The number of alkyl halides is 2. The van der Waals surface area contributed by atoms with Crippen LogP contribution in [-0.4, -0.2) is 47.1 Å². The molecule has 0 aromatic heterocycles. The van der Waals surface area contributed by atoms with Gasteiger partial charge >= 0.3 is 5.92 Å². The Labute approximate surface area is 133 Å². The van der Waals surface area contributed by atoms with Crippen LogP contribution in [0.2, 0.25) is 0 Å². The van der Waals surface area contributed by atoms with Gasteiger partial charge in [0.15, 0.2) is 12.0 Å². The smallest absolute Gasteiger partial charge is 0.347 e. The summed E-state index contributed by atoms with van der Waals surface area (Å²) in [7, 11) is 0. The summed E-state index contributed by atoms with van der Waals surface area (Å²) in [4.78, 5) is 13.2. The molecular weight excluding hydrogens is 308 g/mol. The van der Waals surface area contributed by atoms with E-state index in [-0.39, 0.29) is 6.61 Å². The van der Waals surface area contributed by atoms with Crippen molar-refractivity contribution in [2.75, 3.05) is 13.2 Å². The standard InChI is InChI=1S/C16H21F2NO4/c1-11(12-7-5-4-6-8-12)19(14(21)16(17,18)10-20)13-9-22-15(2,3)23-13/h4-8,11,13,20H,9-10H2,1-3H3/t11-,13?/m0/s1. The highest BCUT2D eigenvalue weighted by molar-refractivity contribution is 5.84. The van der Waals surface area contributed by atoms with Crippen LogP contribution >= 0.6 is 0 Å². The number of aliphatic hydroxyl groups excluding tert-OH is 1. The zero-order chi connectivity index (χ0) is 17.3. The molecule has 1 saturated heterocycles. The van der Waals surface area contributed by atoms with E-state index >= 15 is 0 Å². The second-order valence-corrected chi connectivity index (χ2v) is 5.94. The van der Waals surface area contributed by atoms with Crippen LogP contribution in [0.1, 0.15) is 32.4 Å². The Morgan fingerprint density at radius 2 is 2.04 bits per heavy atom. The van der Waals surface area contributed by atoms with Gasteiger partial charge in [0.25, 0.3) is 5.91 Å². The summed E-state index contributed by atoms with van der Waals surface area (Å²) in [5.41, 5.74) is 0.683. The number of aliphatic hydroxyl groups is 1. The highest BCUT2D eigenvalue weighted by Gasteiger charge is 2.48. The zero-order valence-corrected chi connectivity index (χ0v) is 13.3. The van der Waals surface area contributed by atoms with Crippen LogP contribution in [0.25, 0.3) is 0 Å². The van der Waals surface area contributed by atoms with E-state index in [4.69, 9.17) is 14.6 Å². The van der Waals surface area contributed by atoms with Crippen LogP contribution < -0.4 is 0 Å². The summed E-state index contributed by atoms with van der Waals surface area (Å²) < 4.78 is 38.5. The van der Waals surface area contributed by atoms with Gasteiger partial charge in [0.05, 0.1) is 12.6 Å². The number of carbonyl (C=O) groups excluding carboxylic acids is 1. The van der Waals surface area contributed by atoms with Crippen LogP contribution in [0.15, 0.2) is 30.3 Å². The lowest BCUT2D eigenvalue weighted by Crippen LogP contribution is -2.52. The third-order valence-electron chi connectivity index (χ3n) is 3.75. The summed E-state index contributed by atoms with van der Waals surface area (Å²) in [6, 6.07) is 8.13. The summed E-state index contributed by atoms with van der Waals surface area (Å²) in [5.74, 6) is -6.32. The normalized spacial score (nSPS) is 21.9. The van der Waals surface area contributed by atoms with Crippen molar-refractivity contribution in [1.29, 1.82) is 0 Å². The first-order valence-electron chi connectivity index (χ1n) is 7.36. The fraction of sp³-hybridized carbons (Fsp3) is 0.562. The van der Waals surface area contributed by atoms with Gasteiger partial charge in [-0.25, -0.2) is 0 Å². The van der Waals surface area contributed by atoms with E-state index < -0.39 is 36.5 Å². The van der Waals surface area contributed by atoms with Crippen molar-refractivity contribution >= 4 is 5.91 Å². The Hall–Kier alpha value is -1.57. The summed E-state index contributed by atoms with van der Waals surface area (Å²) in [5, 5.41) is 8.84. The van der Waals surface area contributed by atoms with Crippen molar-refractivity contribution < 1.29 is 28.2 Å². The lowest BCUT2D eigenvalue weighted by molar-refractivity contribution is -0.191. The number of ether oxygens (including phenoxy) is 2. The maximum atomic E-state index is 13.8. The molecule has 2 rings (SSSR count). The third kappa shape index (κ3) is 3.85. The molecular formula is C16H21F2NO4. The number of nitrogens with zero attached hydrogens (tertiary/aromatic N) is 1. The molecule has 5 nitrogen and oxygen atoms in total. The average molecular weight is 329 g/mol. The van der Waals surface area contributed by atoms with Gasteiger partial charge in [-0.15, -0.1) is 0 Å². The second kappa shape index (κ2) is 6.51. The molecule has 0 bridgehead atoms. The third-order valence-corrected chi connectivity index (χ3v) is 3.75. The largest absolute Gasteiger partial charge is 0.390 e. The van der Waals surface area contributed by atoms with Crippen molar-refractivity contribution in [3.05, 3.63) is 35.9 Å².